The summed E-state index contributed by atoms with van der Waals surface area (Å²) in [4.78, 5) is 11.9. The lowest BCUT2D eigenvalue weighted by Crippen LogP contribution is -2.48. The molecule has 3 unspecified atom stereocenters. The van der Waals surface area contributed by atoms with Gasteiger partial charge in [-0.3, -0.25) is 4.79 Å². The van der Waals surface area contributed by atoms with Crippen LogP contribution in [0.2, 0.25) is 0 Å². The van der Waals surface area contributed by atoms with Crippen LogP contribution in [0.15, 0.2) is 0 Å². The molecule has 3 fully saturated rings. The van der Waals surface area contributed by atoms with E-state index >= 15 is 0 Å². The van der Waals surface area contributed by atoms with Crippen LogP contribution in [-0.4, -0.2) is 36.7 Å². The number of hydrogen-bond donors (Lipinski definition) is 2. The third kappa shape index (κ3) is 2.80. The van der Waals surface area contributed by atoms with Crippen LogP contribution in [-0.2, 0) is 9.53 Å². The van der Waals surface area contributed by atoms with E-state index < -0.39 is 0 Å². The highest BCUT2D eigenvalue weighted by molar-refractivity contribution is 5.76. The second-order valence-electron chi connectivity index (χ2n) is 5.71. The van der Waals surface area contributed by atoms with Gasteiger partial charge in [-0.2, -0.15) is 0 Å². The van der Waals surface area contributed by atoms with Crippen LogP contribution in [0.1, 0.15) is 44.9 Å². The zero-order chi connectivity index (χ0) is 11.7. The van der Waals surface area contributed by atoms with Crippen molar-refractivity contribution >= 4 is 5.91 Å². The first-order valence-electron chi connectivity index (χ1n) is 6.96. The van der Waals surface area contributed by atoms with Crippen molar-refractivity contribution in [2.24, 2.45) is 0 Å². The Morgan fingerprint density at radius 1 is 1.24 bits per heavy atom. The predicted octanol–water partition coefficient (Wildman–Crippen LogP) is 0.955. The van der Waals surface area contributed by atoms with E-state index in [-0.39, 0.29) is 12.0 Å². The monoisotopic (exact) mass is 238 g/mol. The molecule has 3 aliphatic rings. The summed E-state index contributed by atoms with van der Waals surface area (Å²) in [5.41, 5.74) is 0. The number of fused-ring (bicyclic) bond motifs is 2. The molecule has 0 spiro atoms. The standard InChI is InChI=1S/C13H22N2O2/c16-13(8-12-2-1-5-17-12)15-11-6-9-3-4-10(7-11)14-9/h9-12,14H,1-8H2,(H,15,16). The Hall–Kier alpha value is -0.610. The molecule has 2 N–H and O–H groups in total. The maximum atomic E-state index is 11.9. The molecule has 0 aliphatic carbocycles. The van der Waals surface area contributed by atoms with Gasteiger partial charge in [0.2, 0.25) is 5.91 Å². The highest BCUT2D eigenvalue weighted by atomic mass is 16.5. The zero-order valence-electron chi connectivity index (χ0n) is 10.3. The Bertz CT molecular complexity index is 277. The molecule has 0 radical (unpaired) electrons. The molecule has 3 aliphatic heterocycles. The molecule has 0 aromatic heterocycles. The number of hydrogen-bond acceptors (Lipinski definition) is 3. The van der Waals surface area contributed by atoms with Gasteiger partial charge >= 0.3 is 0 Å². The van der Waals surface area contributed by atoms with Gasteiger partial charge in [0.05, 0.1) is 12.5 Å². The first-order chi connectivity index (χ1) is 8.29. The Kier molecular flexibility index (Phi) is 3.34. The molecule has 0 aromatic rings. The average Bonchev–Trinajstić information content (AvgIpc) is 2.89. The molecule has 3 atom stereocenters. The van der Waals surface area contributed by atoms with E-state index in [2.05, 4.69) is 10.6 Å². The van der Waals surface area contributed by atoms with Gasteiger partial charge in [0.15, 0.2) is 0 Å². The van der Waals surface area contributed by atoms with Gasteiger partial charge in [0.1, 0.15) is 0 Å². The third-order valence-electron chi connectivity index (χ3n) is 4.28. The summed E-state index contributed by atoms with van der Waals surface area (Å²) in [6.45, 7) is 0.829. The normalized spacial score (nSPS) is 40.5. The van der Waals surface area contributed by atoms with Crippen molar-refractivity contribution in [1.82, 2.24) is 10.6 Å². The molecular weight excluding hydrogens is 216 g/mol. The first kappa shape index (κ1) is 11.5. The first-order valence-corrected chi connectivity index (χ1v) is 6.96. The number of piperidine rings is 1. The molecule has 0 saturated carbocycles. The van der Waals surface area contributed by atoms with E-state index in [1.807, 2.05) is 0 Å². The van der Waals surface area contributed by atoms with Crippen LogP contribution >= 0.6 is 0 Å². The molecule has 96 valence electrons. The summed E-state index contributed by atoms with van der Waals surface area (Å²) >= 11 is 0. The largest absolute Gasteiger partial charge is 0.378 e. The molecule has 17 heavy (non-hydrogen) atoms. The lowest BCUT2D eigenvalue weighted by Gasteiger charge is -2.29. The fourth-order valence-electron chi connectivity index (χ4n) is 3.47. The van der Waals surface area contributed by atoms with Gasteiger partial charge in [-0.05, 0) is 38.5 Å². The van der Waals surface area contributed by atoms with Gasteiger partial charge in [-0.15, -0.1) is 0 Å². The minimum Gasteiger partial charge on any atom is -0.378 e. The molecular formula is C13H22N2O2. The van der Waals surface area contributed by atoms with Crippen molar-refractivity contribution in [3.05, 3.63) is 0 Å². The number of carbonyl (C=O) groups excluding carboxylic acids is 1. The van der Waals surface area contributed by atoms with Crippen LogP contribution in [0.5, 0.6) is 0 Å². The van der Waals surface area contributed by atoms with Crippen molar-refractivity contribution in [1.29, 1.82) is 0 Å². The zero-order valence-corrected chi connectivity index (χ0v) is 10.3. The van der Waals surface area contributed by atoms with Crippen LogP contribution in [0.3, 0.4) is 0 Å². The Morgan fingerprint density at radius 2 is 2.00 bits per heavy atom. The Labute approximate surface area is 102 Å². The molecule has 3 rings (SSSR count). The van der Waals surface area contributed by atoms with E-state index in [4.69, 9.17) is 4.74 Å². The third-order valence-corrected chi connectivity index (χ3v) is 4.28. The summed E-state index contributed by atoms with van der Waals surface area (Å²) in [7, 11) is 0. The van der Waals surface area contributed by atoms with Gasteiger partial charge in [0.25, 0.3) is 0 Å². The summed E-state index contributed by atoms with van der Waals surface area (Å²) in [6.07, 6.45) is 7.65. The highest BCUT2D eigenvalue weighted by Gasteiger charge is 2.34. The highest BCUT2D eigenvalue weighted by Crippen LogP contribution is 2.27. The van der Waals surface area contributed by atoms with E-state index in [1.54, 1.807) is 0 Å². The van der Waals surface area contributed by atoms with Crippen LogP contribution in [0.25, 0.3) is 0 Å². The number of ether oxygens (including phenoxy) is 1. The molecule has 4 nitrogen and oxygen atoms in total. The Morgan fingerprint density at radius 3 is 2.65 bits per heavy atom. The van der Waals surface area contributed by atoms with Crippen molar-refractivity contribution in [2.75, 3.05) is 6.61 Å². The fraction of sp³-hybridized carbons (Fsp3) is 0.923. The SMILES string of the molecule is O=C(CC1CCCO1)NC1CC2CCC(C1)N2. The van der Waals surface area contributed by atoms with Crippen molar-refractivity contribution in [3.63, 3.8) is 0 Å². The number of nitrogens with one attached hydrogen (secondary N) is 2. The molecule has 1 amide bonds. The van der Waals surface area contributed by atoms with Crippen molar-refractivity contribution in [2.45, 2.75) is 69.2 Å². The van der Waals surface area contributed by atoms with Crippen LogP contribution in [0, 0.1) is 0 Å². The molecule has 3 saturated heterocycles. The van der Waals surface area contributed by atoms with E-state index in [0.29, 0.717) is 24.5 Å². The summed E-state index contributed by atoms with van der Waals surface area (Å²) in [6, 6.07) is 1.67. The van der Waals surface area contributed by atoms with E-state index in [1.165, 1.54) is 12.8 Å². The predicted molar refractivity (Wildman–Crippen MR) is 64.7 cm³/mol. The smallest absolute Gasteiger partial charge is 0.222 e. The van der Waals surface area contributed by atoms with Gasteiger partial charge in [-0.1, -0.05) is 0 Å². The number of carbonyl (C=O) groups is 1. The molecule has 3 heterocycles. The van der Waals surface area contributed by atoms with Gasteiger partial charge in [0, 0.05) is 24.7 Å². The lowest BCUT2D eigenvalue weighted by molar-refractivity contribution is -0.124. The summed E-state index contributed by atoms with van der Waals surface area (Å²) in [5.74, 6) is 0.184. The Balaban J connectivity index is 1.44. The maximum absolute atomic E-state index is 11.9. The molecule has 4 heteroatoms. The molecule has 0 aromatic carbocycles. The second-order valence-corrected chi connectivity index (χ2v) is 5.71. The average molecular weight is 238 g/mol. The number of amides is 1. The molecule has 2 bridgehead atoms. The quantitative estimate of drug-likeness (QED) is 0.770. The van der Waals surface area contributed by atoms with Crippen molar-refractivity contribution < 1.29 is 9.53 Å². The van der Waals surface area contributed by atoms with Crippen molar-refractivity contribution in [3.8, 4) is 0 Å². The summed E-state index contributed by atoms with van der Waals surface area (Å²) < 4.78 is 5.49. The van der Waals surface area contributed by atoms with Crippen LogP contribution in [0.4, 0.5) is 0 Å². The lowest BCUT2D eigenvalue weighted by atomic mass is 9.99. The maximum Gasteiger partial charge on any atom is 0.222 e. The van der Waals surface area contributed by atoms with E-state index in [0.717, 1.165) is 32.3 Å². The minimum atomic E-state index is 0.174. The topological polar surface area (TPSA) is 50.4 Å². The fourth-order valence-corrected chi connectivity index (χ4v) is 3.47. The van der Waals surface area contributed by atoms with Gasteiger partial charge in [-0.25, -0.2) is 0 Å². The van der Waals surface area contributed by atoms with Crippen LogP contribution < -0.4 is 10.6 Å². The van der Waals surface area contributed by atoms with Gasteiger partial charge < -0.3 is 15.4 Å². The van der Waals surface area contributed by atoms with E-state index in [9.17, 15) is 4.79 Å². The minimum absolute atomic E-state index is 0.174. The second kappa shape index (κ2) is 4.94. The summed E-state index contributed by atoms with van der Waals surface area (Å²) in [5, 5.41) is 6.78. The number of rotatable bonds is 3.